The van der Waals surface area contributed by atoms with Crippen molar-refractivity contribution in [3.8, 4) is 0 Å². The van der Waals surface area contributed by atoms with Crippen LogP contribution < -0.4 is 5.32 Å². The molecule has 0 heterocycles. The Morgan fingerprint density at radius 2 is 2.16 bits per heavy atom. The topological polar surface area (TPSA) is 66.4 Å². The summed E-state index contributed by atoms with van der Waals surface area (Å²) < 4.78 is 13.0. The molecule has 4 nitrogen and oxygen atoms in total. The Balaban J connectivity index is 1.86. The molecule has 0 saturated heterocycles. The second kappa shape index (κ2) is 5.65. The summed E-state index contributed by atoms with van der Waals surface area (Å²) >= 11 is 0. The molecule has 1 aromatic carbocycles. The highest BCUT2D eigenvalue weighted by Gasteiger charge is 2.25. The number of nitrogens with one attached hydrogen (secondary N) is 1. The van der Waals surface area contributed by atoms with E-state index in [1.165, 1.54) is 12.1 Å². The van der Waals surface area contributed by atoms with Crippen LogP contribution in [0.15, 0.2) is 36.4 Å². The van der Waals surface area contributed by atoms with Gasteiger partial charge < -0.3 is 10.4 Å². The number of rotatable bonds is 4. The van der Waals surface area contributed by atoms with Gasteiger partial charge >= 0.3 is 5.97 Å². The number of hydrogen-bond acceptors (Lipinski definition) is 2. The number of aliphatic carboxylic acids is 1. The minimum atomic E-state index is -0.891. The summed E-state index contributed by atoms with van der Waals surface area (Å²) in [6, 6.07) is 5.59. The number of hydrogen-bond donors (Lipinski definition) is 2. The van der Waals surface area contributed by atoms with Gasteiger partial charge in [0.25, 0.3) is 0 Å². The SMILES string of the molecule is O=C(Cc1cccc(F)c1)NC1C=CC(C(=O)O)C1. The van der Waals surface area contributed by atoms with Crippen LogP contribution in [-0.2, 0) is 16.0 Å². The van der Waals surface area contributed by atoms with Gasteiger partial charge in [-0.1, -0.05) is 24.3 Å². The predicted molar refractivity (Wildman–Crippen MR) is 66.9 cm³/mol. The number of benzene rings is 1. The van der Waals surface area contributed by atoms with Crippen LogP contribution in [0.25, 0.3) is 0 Å². The second-order valence-corrected chi connectivity index (χ2v) is 4.55. The maximum absolute atomic E-state index is 13.0. The van der Waals surface area contributed by atoms with E-state index in [4.69, 9.17) is 5.11 Å². The van der Waals surface area contributed by atoms with Gasteiger partial charge in [0.1, 0.15) is 5.82 Å². The van der Waals surface area contributed by atoms with E-state index in [0.29, 0.717) is 12.0 Å². The number of carbonyl (C=O) groups excluding carboxylic acids is 1. The van der Waals surface area contributed by atoms with Crippen LogP contribution in [-0.4, -0.2) is 23.0 Å². The molecule has 2 atom stereocenters. The van der Waals surface area contributed by atoms with Gasteiger partial charge in [0, 0.05) is 6.04 Å². The van der Waals surface area contributed by atoms with Crippen molar-refractivity contribution in [2.75, 3.05) is 0 Å². The summed E-state index contributed by atoms with van der Waals surface area (Å²) in [5.74, 6) is -2.05. The molecule has 0 aliphatic heterocycles. The summed E-state index contributed by atoms with van der Waals surface area (Å²) in [6.45, 7) is 0. The van der Waals surface area contributed by atoms with Crippen LogP contribution in [0.2, 0.25) is 0 Å². The number of amides is 1. The van der Waals surface area contributed by atoms with E-state index in [1.54, 1.807) is 24.3 Å². The molecule has 1 aromatic rings. The first-order valence-corrected chi connectivity index (χ1v) is 5.99. The van der Waals surface area contributed by atoms with Gasteiger partial charge in [-0.2, -0.15) is 0 Å². The minimum absolute atomic E-state index is 0.0832. The van der Waals surface area contributed by atoms with Gasteiger partial charge in [-0.3, -0.25) is 9.59 Å². The van der Waals surface area contributed by atoms with Gasteiger partial charge in [-0.15, -0.1) is 0 Å². The molecule has 0 radical (unpaired) electrons. The lowest BCUT2D eigenvalue weighted by Gasteiger charge is -2.12. The zero-order valence-corrected chi connectivity index (χ0v) is 10.2. The summed E-state index contributed by atoms with van der Waals surface area (Å²) in [7, 11) is 0. The molecule has 1 aliphatic carbocycles. The summed E-state index contributed by atoms with van der Waals surface area (Å²) in [6.07, 6.45) is 3.71. The first-order chi connectivity index (χ1) is 9.04. The maximum Gasteiger partial charge on any atom is 0.310 e. The summed E-state index contributed by atoms with van der Waals surface area (Å²) in [5.41, 5.74) is 0.592. The normalized spacial score (nSPS) is 21.3. The van der Waals surface area contributed by atoms with Crippen LogP contribution in [0.1, 0.15) is 12.0 Å². The van der Waals surface area contributed by atoms with Crippen LogP contribution in [0, 0.1) is 11.7 Å². The van der Waals surface area contributed by atoms with Crippen molar-refractivity contribution < 1.29 is 19.1 Å². The van der Waals surface area contributed by atoms with E-state index in [9.17, 15) is 14.0 Å². The van der Waals surface area contributed by atoms with Gasteiger partial charge in [0.05, 0.1) is 12.3 Å². The van der Waals surface area contributed by atoms with Crippen molar-refractivity contribution in [2.24, 2.45) is 5.92 Å². The first kappa shape index (κ1) is 13.3. The molecule has 0 spiro atoms. The van der Waals surface area contributed by atoms with E-state index >= 15 is 0 Å². The van der Waals surface area contributed by atoms with E-state index in [2.05, 4.69) is 5.32 Å². The van der Waals surface area contributed by atoms with Gasteiger partial charge in [-0.05, 0) is 24.1 Å². The largest absolute Gasteiger partial charge is 0.481 e. The summed E-state index contributed by atoms with van der Waals surface area (Å²) in [5, 5.41) is 11.5. The van der Waals surface area contributed by atoms with Crippen molar-refractivity contribution in [1.82, 2.24) is 5.32 Å². The molecule has 2 rings (SSSR count). The van der Waals surface area contributed by atoms with Crippen LogP contribution >= 0.6 is 0 Å². The Morgan fingerprint density at radius 1 is 1.37 bits per heavy atom. The Kier molecular flexibility index (Phi) is 3.94. The van der Waals surface area contributed by atoms with E-state index in [1.807, 2.05) is 0 Å². The molecule has 1 aliphatic rings. The maximum atomic E-state index is 13.0. The lowest BCUT2D eigenvalue weighted by Crippen LogP contribution is -2.34. The molecule has 2 N–H and O–H groups in total. The average molecular weight is 263 g/mol. The molecule has 0 bridgehead atoms. The molecule has 0 fully saturated rings. The number of carbonyl (C=O) groups is 2. The standard InChI is InChI=1S/C14H14FNO3/c15-11-3-1-2-9(6-11)7-13(17)16-12-5-4-10(8-12)14(18)19/h1-6,10,12H,7-8H2,(H,16,17)(H,18,19). The molecular formula is C14H14FNO3. The lowest BCUT2D eigenvalue weighted by molar-refractivity contribution is -0.140. The van der Waals surface area contributed by atoms with Crippen molar-refractivity contribution in [1.29, 1.82) is 0 Å². The second-order valence-electron chi connectivity index (χ2n) is 4.55. The third kappa shape index (κ3) is 3.64. The van der Waals surface area contributed by atoms with E-state index in [0.717, 1.165) is 0 Å². The fraction of sp³-hybridized carbons (Fsp3) is 0.286. The van der Waals surface area contributed by atoms with Crippen LogP contribution in [0.5, 0.6) is 0 Å². The Labute approximate surface area is 109 Å². The zero-order valence-electron chi connectivity index (χ0n) is 10.2. The number of carboxylic acids is 1. The highest BCUT2D eigenvalue weighted by molar-refractivity contribution is 5.79. The lowest BCUT2D eigenvalue weighted by atomic mass is 10.1. The molecule has 5 heteroatoms. The average Bonchev–Trinajstić information content (AvgIpc) is 2.77. The van der Waals surface area contributed by atoms with Crippen molar-refractivity contribution in [3.05, 3.63) is 47.8 Å². The molecule has 0 aromatic heterocycles. The quantitative estimate of drug-likeness (QED) is 0.809. The summed E-state index contributed by atoms with van der Waals surface area (Å²) in [4.78, 5) is 22.5. The zero-order chi connectivity index (χ0) is 13.8. The molecule has 100 valence electrons. The number of halogens is 1. The Bertz CT molecular complexity index is 527. The minimum Gasteiger partial charge on any atom is -0.481 e. The van der Waals surface area contributed by atoms with Crippen LogP contribution in [0.4, 0.5) is 4.39 Å². The fourth-order valence-electron chi connectivity index (χ4n) is 2.08. The predicted octanol–water partition coefficient (Wildman–Crippen LogP) is 1.51. The monoisotopic (exact) mass is 263 g/mol. The highest BCUT2D eigenvalue weighted by atomic mass is 19.1. The molecule has 1 amide bonds. The molecule has 0 saturated carbocycles. The first-order valence-electron chi connectivity index (χ1n) is 5.99. The number of carboxylic acid groups (broad SMARTS) is 1. The van der Waals surface area contributed by atoms with E-state index in [-0.39, 0.29) is 24.2 Å². The van der Waals surface area contributed by atoms with Gasteiger partial charge in [0.15, 0.2) is 0 Å². The highest BCUT2D eigenvalue weighted by Crippen LogP contribution is 2.18. The molecule has 2 unspecified atom stereocenters. The third-order valence-electron chi connectivity index (χ3n) is 3.00. The molecule has 19 heavy (non-hydrogen) atoms. The Hall–Kier alpha value is -2.17. The Morgan fingerprint density at radius 3 is 2.79 bits per heavy atom. The van der Waals surface area contributed by atoms with Crippen molar-refractivity contribution >= 4 is 11.9 Å². The third-order valence-corrected chi connectivity index (χ3v) is 3.00. The van der Waals surface area contributed by atoms with Gasteiger partial charge in [0.2, 0.25) is 5.91 Å². The molecular weight excluding hydrogens is 249 g/mol. The smallest absolute Gasteiger partial charge is 0.310 e. The van der Waals surface area contributed by atoms with E-state index < -0.39 is 11.9 Å². The fourth-order valence-corrected chi connectivity index (χ4v) is 2.08. The van der Waals surface area contributed by atoms with Crippen molar-refractivity contribution in [2.45, 2.75) is 18.9 Å². The van der Waals surface area contributed by atoms with Gasteiger partial charge in [-0.25, -0.2) is 4.39 Å². The van der Waals surface area contributed by atoms with Crippen LogP contribution in [0.3, 0.4) is 0 Å². The van der Waals surface area contributed by atoms with Crippen molar-refractivity contribution in [3.63, 3.8) is 0 Å².